The van der Waals surface area contributed by atoms with Crippen LogP contribution in [0.25, 0.3) is 0 Å². The van der Waals surface area contributed by atoms with E-state index in [4.69, 9.17) is 5.11 Å². The Morgan fingerprint density at radius 3 is 2.56 bits per heavy atom. The summed E-state index contributed by atoms with van der Waals surface area (Å²) in [5.41, 5.74) is 0.0211. The van der Waals surface area contributed by atoms with Gasteiger partial charge in [0.2, 0.25) is 5.13 Å². The van der Waals surface area contributed by atoms with E-state index in [0.29, 0.717) is 0 Å². The Labute approximate surface area is 101 Å². The first-order chi connectivity index (χ1) is 7.54. The number of aliphatic hydroxyl groups is 1. The molecule has 0 unspecified atom stereocenters. The summed E-state index contributed by atoms with van der Waals surface area (Å²) in [6.45, 7) is 7.52. The molecule has 0 spiro atoms. The number of aliphatic hydroxyl groups excluding tert-OH is 1. The van der Waals surface area contributed by atoms with Crippen LogP contribution in [0.5, 0.6) is 0 Å². The van der Waals surface area contributed by atoms with E-state index in [1.54, 1.807) is 0 Å². The maximum absolute atomic E-state index is 8.63. The lowest BCUT2D eigenvalue weighted by Crippen LogP contribution is -2.13. The van der Waals surface area contributed by atoms with Gasteiger partial charge in [-0.25, -0.2) is 4.98 Å². The molecule has 2 N–H and O–H groups in total. The highest BCUT2D eigenvalue weighted by Crippen LogP contribution is 2.22. The molecule has 1 aromatic rings. The minimum Gasteiger partial charge on any atom is -0.396 e. The minimum atomic E-state index is 0.0211. The lowest BCUT2D eigenvalue weighted by Gasteiger charge is -2.12. The van der Waals surface area contributed by atoms with Gasteiger partial charge in [-0.15, -0.1) is 0 Å². The van der Waals surface area contributed by atoms with Gasteiger partial charge in [0.15, 0.2) is 0 Å². The first kappa shape index (κ1) is 13.4. The van der Waals surface area contributed by atoms with Crippen molar-refractivity contribution in [2.24, 2.45) is 0 Å². The molecule has 0 radical (unpaired) electrons. The van der Waals surface area contributed by atoms with E-state index in [2.05, 4.69) is 35.4 Å². The van der Waals surface area contributed by atoms with Gasteiger partial charge in [0.1, 0.15) is 5.82 Å². The number of nitrogens with zero attached hydrogens (tertiary/aromatic N) is 2. The van der Waals surface area contributed by atoms with Crippen molar-refractivity contribution in [3.05, 3.63) is 5.82 Å². The average molecular weight is 243 g/mol. The molecule has 4 nitrogen and oxygen atoms in total. The Kier molecular flexibility index (Phi) is 5.15. The van der Waals surface area contributed by atoms with Crippen LogP contribution >= 0.6 is 11.5 Å². The molecular formula is C11H21N3OS. The zero-order chi connectivity index (χ0) is 12.0. The summed E-state index contributed by atoms with van der Waals surface area (Å²) >= 11 is 1.42. The number of anilines is 1. The summed E-state index contributed by atoms with van der Waals surface area (Å²) in [5.74, 6) is 0.898. The van der Waals surface area contributed by atoms with E-state index in [1.807, 2.05) is 0 Å². The maximum Gasteiger partial charge on any atom is 0.202 e. The van der Waals surface area contributed by atoms with Gasteiger partial charge >= 0.3 is 0 Å². The van der Waals surface area contributed by atoms with Crippen molar-refractivity contribution < 1.29 is 5.11 Å². The van der Waals surface area contributed by atoms with Crippen LogP contribution in [0.1, 0.15) is 45.9 Å². The fourth-order valence-corrected chi connectivity index (χ4v) is 1.99. The zero-order valence-electron chi connectivity index (χ0n) is 10.3. The van der Waals surface area contributed by atoms with Crippen LogP contribution in [0.3, 0.4) is 0 Å². The predicted octanol–water partition coefficient (Wildman–Crippen LogP) is 2.41. The molecule has 92 valence electrons. The summed E-state index contributed by atoms with van der Waals surface area (Å²) in [7, 11) is 0. The highest BCUT2D eigenvalue weighted by atomic mass is 32.1. The average Bonchev–Trinajstić information content (AvgIpc) is 2.65. The Bertz CT molecular complexity index is 306. The van der Waals surface area contributed by atoms with Gasteiger partial charge in [-0.05, 0) is 19.3 Å². The van der Waals surface area contributed by atoms with Gasteiger partial charge in [-0.3, -0.25) is 0 Å². The number of hydrogen-bond acceptors (Lipinski definition) is 5. The third-order valence-corrected chi connectivity index (χ3v) is 2.88. The number of hydrogen-bond donors (Lipinski definition) is 2. The molecule has 0 atom stereocenters. The smallest absolute Gasteiger partial charge is 0.202 e. The third-order valence-electron chi connectivity index (χ3n) is 2.21. The first-order valence-electron chi connectivity index (χ1n) is 5.73. The molecule has 0 aliphatic rings. The van der Waals surface area contributed by atoms with Gasteiger partial charge < -0.3 is 10.4 Å². The van der Waals surface area contributed by atoms with Crippen molar-refractivity contribution in [1.82, 2.24) is 9.36 Å². The van der Waals surface area contributed by atoms with E-state index >= 15 is 0 Å². The van der Waals surface area contributed by atoms with E-state index in [9.17, 15) is 0 Å². The molecule has 0 bridgehead atoms. The number of unbranched alkanes of at least 4 members (excludes halogenated alkanes) is 2. The summed E-state index contributed by atoms with van der Waals surface area (Å²) in [6.07, 6.45) is 2.99. The molecule has 1 aromatic heterocycles. The normalized spacial score (nSPS) is 11.8. The van der Waals surface area contributed by atoms with Gasteiger partial charge in [0.05, 0.1) is 0 Å². The molecule has 1 heterocycles. The van der Waals surface area contributed by atoms with Crippen molar-refractivity contribution in [3.63, 3.8) is 0 Å². The van der Waals surface area contributed by atoms with Crippen molar-refractivity contribution in [2.75, 3.05) is 18.5 Å². The molecule has 0 aliphatic heterocycles. The van der Waals surface area contributed by atoms with E-state index < -0.39 is 0 Å². The monoisotopic (exact) mass is 243 g/mol. The second-order valence-electron chi connectivity index (χ2n) is 4.88. The molecule has 0 fully saturated rings. The molecule has 16 heavy (non-hydrogen) atoms. The van der Waals surface area contributed by atoms with E-state index in [-0.39, 0.29) is 12.0 Å². The Hall–Kier alpha value is -0.680. The van der Waals surface area contributed by atoms with Crippen LogP contribution in [-0.2, 0) is 5.41 Å². The van der Waals surface area contributed by atoms with Crippen LogP contribution in [0, 0.1) is 0 Å². The molecule has 1 rings (SSSR count). The summed E-state index contributed by atoms with van der Waals surface area (Å²) in [5, 5.41) is 12.8. The number of rotatable bonds is 6. The highest BCUT2D eigenvalue weighted by Gasteiger charge is 2.19. The van der Waals surface area contributed by atoms with Crippen LogP contribution in [-0.4, -0.2) is 27.6 Å². The van der Waals surface area contributed by atoms with E-state index in [1.165, 1.54) is 11.5 Å². The van der Waals surface area contributed by atoms with Crippen LogP contribution < -0.4 is 5.32 Å². The van der Waals surface area contributed by atoms with Gasteiger partial charge in [0, 0.05) is 30.1 Å². The summed E-state index contributed by atoms with van der Waals surface area (Å²) in [6, 6.07) is 0. The summed E-state index contributed by atoms with van der Waals surface area (Å²) in [4.78, 5) is 4.45. The SMILES string of the molecule is CC(C)(C)c1nsc(NCCCCCO)n1. The van der Waals surface area contributed by atoms with E-state index in [0.717, 1.165) is 36.8 Å². The van der Waals surface area contributed by atoms with Crippen LogP contribution in [0.2, 0.25) is 0 Å². The standard InChI is InChI=1S/C11H21N3OS/c1-11(2,3)9-13-10(16-14-9)12-7-5-4-6-8-15/h15H,4-8H2,1-3H3,(H,12,13,14). The second kappa shape index (κ2) is 6.15. The van der Waals surface area contributed by atoms with Crippen molar-refractivity contribution in [1.29, 1.82) is 0 Å². The Morgan fingerprint density at radius 2 is 2.00 bits per heavy atom. The molecule has 0 amide bonds. The fourth-order valence-electron chi connectivity index (χ4n) is 1.21. The summed E-state index contributed by atoms with van der Waals surface area (Å²) < 4.78 is 4.33. The first-order valence-corrected chi connectivity index (χ1v) is 6.50. The fraction of sp³-hybridized carbons (Fsp3) is 0.818. The topological polar surface area (TPSA) is 58.0 Å². The largest absolute Gasteiger partial charge is 0.396 e. The molecule has 0 saturated heterocycles. The highest BCUT2D eigenvalue weighted by molar-refractivity contribution is 7.09. The lowest BCUT2D eigenvalue weighted by atomic mass is 9.96. The molecule has 0 aromatic carbocycles. The Balaban J connectivity index is 2.30. The zero-order valence-corrected chi connectivity index (χ0v) is 11.1. The second-order valence-corrected chi connectivity index (χ2v) is 5.64. The minimum absolute atomic E-state index is 0.0211. The lowest BCUT2D eigenvalue weighted by molar-refractivity contribution is 0.283. The van der Waals surface area contributed by atoms with Crippen LogP contribution in [0.4, 0.5) is 5.13 Å². The van der Waals surface area contributed by atoms with Crippen LogP contribution in [0.15, 0.2) is 0 Å². The molecule has 0 aliphatic carbocycles. The third kappa shape index (κ3) is 4.45. The molecule has 0 saturated carbocycles. The molecular weight excluding hydrogens is 222 g/mol. The van der Waals surface area contributed by atoms with Gasteiger partial charge in [-0.1, -0.05) is 20.8 Å². The van der Waals surface area contributed by atoms with Crippen molar-refractivity contribution in [2.45, 2.75) is 45.4 Å². The van der Waals surface area contributed by atoms with Crippen molar-refractivity contribution in [3.8, 4) is 0 Å². The quantitative estimate of drug-likeness (QED) is 0.753. The maximum atomic E-state index is 8.63. The number of nitrogens with one attached hydrogen (secondary N) is 1. The predicted molar refractivity (Wildman–Crippen MR) is 68.0 cm³/mol. The van der Waals surface area contributed by atoms with Gasteiger partial charge in [-0.2, -0.15) is 4.37 Å². The number of aromatic nitrogens is 2. The van der Waals surface area contributed by atoms with Crippen molar-refractivity contribution >= 4 is 16.7 Å². The molecule has 5 heteroatoms. The van der Waals surface area contributed by atoms with Gasteiger partial charge in [0.25, 0.3) is 0 Å². The Morgan fingerprint density at radius 1 is 1.25 bits per heavy atom.